The van der Waals surface area contributed by atoms with Gasteiger partial charge in [0.15, 0.2) is 6.29 Å². The van der Waals surface area contributed by atoms with Crippen LogP contribution in [0.5, 0.6) is 0 Å². The number of carbonyl (C=O) groups excluding carboxylic acids is 2. The number of fused-ring (bicyclic) bond motifs is 3. The van der Waals surface area contributed by atoms with Gasteiger partial charge in [-0.05, 0) is 29.8 Å². The summed E-state index contributed by atoms with van der Waals surface area (Å²) < 4.78 is 2.09. The molecule has 0 atom stereocenters. The first-order valence-electron chi connectivity index (χ1n) is 12.2. The fraction of sp³-hybridized carbons (Fsp3) is 0.0303. The van der Waals surface area contributed by atoms with Crippen LogP contribution in [-0.4, -0.2) is 23.8 Å². The molecule has 6 aromatic rings. The number of hydrogen-bond acceptors (Lipinski definition) is 2. The maximum atomic E-state index is 14.3. The van der Waals surface area contributed by atoms with E-state index in [0.717, 1.165) is 44.9 Å². The van der Waals surface area contributed by atoms with E-state index >= 15 is 0 Å². The first kappa shape index (κ1) is 22.5. The number of carbonyl (C=O) groups is 2. The molecule has 0 N–H and O–H groups in total. The lowest BCUT2D eigenvalue weighted by Gasteiger charge is -2.23. The largest absolute Gasteiger partial charge is 0.311 e. The molecule has 0 bridgehead atoms. The molecule has 5 aromatic carbocycles. The zero-order chi connectivity index (χ0) is 25.4. The SMILES string of the molecule is CN(C(=O)c1c(C=O)cccc1-n1c2ccccc2c2ccccc21)c1ccccc1-c1ccccc1. The van der Waals surface area contributed by atoms with Crippen LogP contribution in [0.15, 0.2) is 121 Å². The van der Waals surface area contributed by atoms with Gasteiger partial charge in [-0.3, -0.25) is 9.59 Å². The minimum absolute atomic E-state index is 0.247. The van der Waals surface area contributed by atoms with Crippen LogP contribution in [0.2, 0.25) is 0 Å². The monoisotopic (exact) mass is 480 g/mol. The third kappa shape index (κ3) is 3.71. The minimum atomic E-state index is -0.247. The maximum absolute atomic E-state index is 14.3. The van der Waals surface area contributed by atoms with E-state index in [-0.39, 0.29) is 5.91 Å². The molecule has 0 saturated heterocycles. The zero-order valence-electron chi connectivity index (χ0n) is 20.3. The molecule has 0 fully saturated rings. The topological polar surface area (TPSA) is 42.3 Å². The molecule has 4 nitrogen and oxygen atoms in total. The second-order valence-corrected chi connectivity index (χ2v) is 8.98. The average molecular weight is 481 g/mol. The second kappa shape index (κ2) is 9.25. The van der Waals surface area contributed by atoms with E-state index in [0.29, 0.717) is 16.8 Å². The summed E-state index contributed by atoms with van der Waals surface area (Å²) in [6, 6.07) is 39.5. The Bertz CT molecular complexity index is 1730. The normalized spacial score (nSPS) is 11.1. The van der Waals surface area contributed by atoms with Crippen molar-refractivity contribution in [3.8, 4) is 16.8 Å². The Hall–Kier alpha value is -4.96. The fourth-order valence-electron chi connectivity index (χ4n) is 5.16. The third-order valence-electron chi connectivity index (χ3n) is 6.89. The number of aromatic nitrogens is 1. The lowest BCUT2D eigenvalue weighted by molar-refractivity contribution is 0.0986. The van der Waals surface area contributed by atoms with E-state index in [4.69, 9.17) is 0 Å². The van der Waals surface area contributed by atoms with Gasteiger partial charge in [-0.2, -0.15) is 0 Å². The molecular formula is C33H24N2O2. The van der Waals surface area contributed by atoms with Crippen molar-refractivity contribution in [2.45, 2.75) is 0 Å². The standard InChI is InChI=1S/C33H24N2O2/c1-34(28-18-8-5-15-25(28)23-12-3-2-4-13-23)33(37)32-24(22-36)14-11-21-31(32)35-29-19-9-6-16-26(29)27-17-7-10-20-30(27)35/h2-22H,1H3. The molecular weight excluding hydrogens is 456 g/mol. The smallest absolute Gasteiger partial charge is 0.260 e. The number of rotatable bonds is 5. The number of hydrogen-bond donors (Lipinski definition) is 0. The number of amides is 1. The van der Waals surface area contributed by atoms with Gasteiger partial charge in [0.25, 0.3) is 5.91 Å². The van der Waals surface area contributed by atoms with Gasteiger partial charge in [0, 0.05) is 28.9 Å². The number of aldehydes is 1. The Labute approximate surface area is 215 Å². The lowest BCUT2D eigenvalue weighted by atomic mass is 10.0. The van der Waals surface area contributed by atoms with Crippen molar-refractivity contribution in [2.75, 3.05) is 11.9 Å². The highest BCUT2D eigenvalue weighted by atomic mass is 16.2. The summed E-state index contributed by atoms with van der Waals surface area (Å²) in [7, 11) is 1.77. The van der Waals surface area contributed by atoms with Crippen molar-refractivity contribution in [2.24, 2.45) is 0 Å². The van der Waals surface area contributed by atoms with Gasteiger partial charge >= 0.3 is 0 Å². The van der Waals surface area contributed by atoms with E-state index in [1.165, 1.54) is 0 Å². The molecule has 0 spiro atoms. The minimum Gasteiger partial charge on any atom is -0.311 e. The van der Waals surface area contributed by atoms with Gasteiger partial charge in [-0.25, -0.2) is 0 Å². The van der Waals surface area contributed by atoms with E-state index in [9.17, 15) is 9.59 Å². The average Bonchev–Trinajstić information content (AvgIpc) is 3.31. The van der Waals surface area contributed by atoms with Crippen LogP contribution in [0.3, 0.4) is 0 Å². The Kier molecular flexibility index (Phi) is 5.62. The number of benzene rings is 5. The molecule has 4 heteroatoms. The summed E-state index contributed by atoms with van der Waals surface area (Å²) in [5.41, 5.74) is 6.10. The van der Waals surface area contributed by atoms with Gasteiger partial charge in [-0.15, -0.1) is 0 Å². The summed E-state index contributed by atoms with van der Waals surface area (Å²) >= 11 is 0. The number of anilines is 1. The van der Waals surface area contributed by atoms with Gasteiger partial charge in [0.2, 0.25) is 0 Å². The van der Waals surface area contributed by atoms with Crippen molar-refractivity contribution in [1.29, 1.82) is 0 Å². The molecule has 0 saturated carbocycles. The molecule has 6 rings (SSSR count). The highest BCUT2D eigenvalue weighted by molar-refractivity contribution is 6.15. The van der Waals surface area contributed by atoms with Gasteiger partial charge in [0.05, 0.1) is 28.0 Å². The van der Waals surface area contributed by atoms with Crippen LogP contribution in [-0.2, 0) is 0 Å². The highest BCUT2D eigenvalue weighted by Gasteiger charge is 2.25. The quantitative estimate of drug-likeness (QED) is 0.239. The molecule has 0 radical (unpaired) electrons. The lowest BCUT2D eigenvalue weighted by Crippen LogP contribution is -2.29. The molecule has 0 aliphatic rings. The predicted molar refractivity (Wildman–Crippen MR) is 151 cm³/mol. The van der Waals surface area contributed by atoms with Crippen molar-refractivity contribution >= 4 is 39.7 Å². The summed E-state index contributed by atoms with van der Waals surface area (Å²) in [4.78, 5) is 28.1. The fourth-order valence-corrected chi connectivity index (χ4v) is 5.16. The third-order valence-corrected chi connectivity index (χ3v) is 6.89. The van der Waals surface area contributed by atoms with E-state index in [1.54, 1.807) is 18.0 Å². The molecule has 37 heavy (non-hydrogen) atoms. The van der Waals surface area contributed by atoms with Gasteiger partial charge < -0.3 is 9.47 Å². The van der Waals surface area contributed by atoms with E-state index < -0.39 is 0 Å². The van der Waals surface area contributed by atoms with Crippen LogP contribution in [0.4, 0.5) is 5.69 Å². The molecule has 1 aromatic heterocycles. The highest BCUT2D eigenvalue weighted by Crippen LogP contribution is 2.35. The molecule has 0 aliphatic carbocycles. The van der Waals surface area contributed by atoms with Crippen molar-refractivity contribution in [3.63, 3.8) is 0 Å². The molecule has 0 unspecified atom stereocenters. The van der Waals surface area contributed by atoms with E-state index in [2.05, 4.69) is 16.7 Å². The predicted octanol–water partition coefficient (Wildman–Crippen LogP) is 7.54. The first-order valence-corrected chi connectivity index (χ1v) is 12.2. The summed E-state index contributed by atoms with van der Waals surface area (Å²) in [5, 5.41) is 2.19. The summed E-state index contributed by atoms with van der Waals surface area (Å²) in [6.07, 6.45) is 0.765. The Morgan fingerprint density at radius 2 is 1.27 bits per heavy atom. The van der Waals surface area contributed by atoms with Crippen LogP contribution in [0, 0.1) is 0 Å². The van der Waals surface area contributed by atoms with Gasteiger partial charge in [-0.1, -0.05) is 97.1 Å². The maximum Gasteiger partial charge on any atom is 0.260 e. The van der Waals surface area contributed by atoms with Crippen molar-refractivity contribution in [1.82, 2.24) is 4.57 Å². The summed E-state index contributed by atoms with van der Waals surface area (Å²) in [5.74, 6) is -0.247. The van der Waals surface area contributed by atoms with Crippen LogP contribution >= 0.6 is 0 Å². The van der Waals surface area contributed by atoms with Gasteiger partial charge in [0.1, 0.15) is 0 Å². The number of para-hydroxylation sites is 3. The van der Waals surface area contributed by atoms with Crippen LogP contribution in [0.1, 0.15) is 20.7 Å². The van der Waals surface area contributed by atoms with Crippen LogP contribution < -0.4 is 4.90 Å². The molecule has 178 valence electrons. The molecule has 0 aliphatic heterocycles. The second-order valence-electron chi connectivity index (χ2n) is 8.98. The summed E-state index contributed by atoms with van der Waals surface area (Å²) in [6.45, 7) is 0. The van der Waals surface area contributed by atoms with Crippen molar-refractivity contribution < 1.29 is 9.59 Å². The van der Waals surface area contributed by atoms with E-state index in [1.807, 2.05) is 103 Å². The molecule has 1 amide bonds. The zero-order valence-corrected chi connectivity index (χ0v) is 20.3. The number of nitrogens with zero attached hydrogens (tertiary/aromatic N) is 2. The van der Waals surface area contributed by atoms with Crippen LogP contribution in [0.25, 0.3) is 38.6 Å². The molecule has 1 heterocycles. The first-order chi connectivity index (χ1) is 18.2. The Morgan fingerprint density at radius 1 is 0.676 bits per heavy atom. The Balaban J connectivity index is 1.57. The Morgan fingerprint density at radius 3 is 1.95 bits per heavy atom. The van der Waals surface area contributed by atoms with Crippen molar-refractivity contribution in [3.05, 3.63) is 132 Å².